The summed E-state index contributed by atoms with van der Waals surface area (Å²) in [5.41, 5.74) is 4.26. The average molecular weight is 325 g/mol. The summed E-state index contributed by atoms with van der Waals surface area (Å²) in [5.74, 6) is 0.262. The number of hydrogen-bond donors (Lipinski definition) is 0. The first-order valence-corrected chi connectivity index (χ1v) is 8.05. The monoisotopic (exact) mass is 325 g/mol. The topological polar surface area (TPSA) is 47.9 Å². The number of esters is 1. The molecule has 4 heteroatoms. The highest BCUT2D eigenvalue weighted by Crippen LogP contribution is 2.23. The van der Waals surface area contributed by atoms with Crippen molar-refractivity contribution in [3.8, 4) is 5.75 Å². The molecular formula is C20H23NO3. The van der Waals surface area contributed by atoms with Gasteiger partial charge in [-0.05, 0) is 68.7 Å². The Morgan fingerprint density at radius 3 is 2.33 bits per heavy atom. The highest BCUT2D eigenvalue weighted by Gasteiger charge is 2.15. The Morgan fingerprint density at radius 2 is 1.75 bits per heavy atom. The summed E-state index contributed by atoms with van der Waals surface area (Å²) in [6.07, 6.45) is 1.20. The fourth-order valence-electron chi connectivity index (χ4n) is 2.29. The van der Waals surface area contributed by atoms with Crippen LogP contribution in [-0.2, 0) is 9.53 Å². The van der Waals surface area contributed by atoms with Crippen molar-refractivity contribution in [1.29, 1.82) is 0 Å². The van der Waals surface area contributed by atoms with E-state index in [2.05, 4.69) is 4.99 Å². The molecule has 0 fully saturated rings. The molecule has 4 nitrogen and oxygen atoms in total. The van der Waals surface area contributed by atoms with Crippen LogP contribution < -0.4 is 4.74 Å². The zero-order valence-corrected chi connectivity index (χ0v) is 14.6. The first kappa shape index (κ1) is 17.7. The molecule has 2 aromatic rings. The second-order valence-electron chi connectivity index (χ2n) is 5.58. The number of nitrogens with zero attached hydrogens (tertiary/aromatic N) is 1. The van der Waals surface area contributed by atoms with E-state index in [4.69, 9.17) is 9.47 Å². The van der Waals surface area contributed by atoms with E-state index < -0.39 is 6.10 Å². The molecule has 0 saturated carbocycles. The fraction of sp³-hybridized carbons (Fsp3) is 0.300. The van der Waals surface area contributed by atoms with Crippen LogP contribution in [-0.4, -0.2) is 24.9 Å². The third kappa shape index (κ3) is 4.69. The number of aryl methyl sites for hydroxylation is 2. The summed E-state index contributed by atoms with van der Waals surface area (Å²) in [6.45, 7) is 7.89. The van der Waals surface area contributed by atoms with Gasteiger partial charge in [0.15, 0.2) is 6.10 Å². The Kier molecular flexibility index (Phi) is 6.13. The van der Waals surface area contributed by atoms with Gasteiger partial charge in [-0.15, -0.1) is 0 Å². The van der Waals surface area contributed by atoms with E-state index in [-0.39, 0.29) is 5.97 Å². The zero-order chi connectivity index (χ0) is 17.5. The molecule has 0 spiro atoms. The third-order valence-electron chi connectivity index (χ3n) is 3.59. The van der Waals surface area contributed by atoms with Crippen molar-refractivity contribution in [1.82, 2.24) is 0 Å². The van der Waals surface area contributed by atoms with Gasteiger partial charge in [-0.2, -0.15) is 0 Å². The molecule has 0 aliphatic carbocycles. The molecule has 0 N–H and O–H groups in total. The molecule has 0 aliphatic rings. The van der Waals surface area contributed by atoms with Crippen molar-refractivity contribution in [3.05, 3.63) is 59.2 Å². The molecule has 1 unspecified atom stereocenters. The van der Waals surface area contributed by atoms with E-state index in [1.165, 1.54) is 0 Å². The van der Waals surface area contributed by atoms with Crippen LogP contribution in [0.25, 0.3) is 0 Å². The number of benzene rings is 2. The fourth-order valence-corrected chi connectivity index (χ4v) is 2.29. The normalized spacial score (nSPS) is 12.2. The van der Waals surface area contributed by atoms with E-state index in [9.17, 15) is 4.79 Å². The van der Waals surface area contributed by atoms with E-state index in [0.717, 1.165) is 22.4 Å². The summed E-state index contributed by atoms with van der Waals surface area (Å²) in [7, 11) is 0. The van der Waals surface area contributed by atoms with Crippen molar-refractivity contribution >= 4 is 17.9 Å². The van der Waals surface area contributed by atoms with Gasteiger partial charge in [0, 0.05) is 6.21 Å². The van der Waals surface area contributed by atoms with Crippen LogP contribution >= 0.6 is 0 Å². The van der Waals surface area contributed by atoms with Crippen molar-refractivity contribution in [2.45, 2.75) is 33.8 Å². The average Bonchev–Trinajstić information content (AvgIpc) is 2.56. The van der Waals surface area contributed by atoms with Gasteiger partial charge in [-0.1, -0.05) is 18.2 Å². The molecular weight excluding hydrogens is 302 g/mol. The molecule has 24 heavy (non-hydrogen) atoms. The minimum absolute atomic E-state index is 0.347. The lowest BCUT2D eigenvalue weighted by Crippen LogP contribution is -2.26. The van der Waals surface area contributed by atoms with Crippen LogP contribution in [0.15, 0.2) is 47.5 Å². The second kappa shape index (κ2) is 8.29. The molecule has 0 aliphatic heterocycles. The standard InChI is InChI=1S/C20H23NO3/c1-5-23-20(22)16(4)24-18-11-9-17(10-12-18)13-21-19-14(2)7-6-8-15(19)3/h6-13,16H,5H2,1-4H3. The lowest BCUT2D eigenvalue weighted by atomic mass is 10.1. The van der Waals surface area contributed by atoms with Gasteiger partial charge in [0.05, 0.1) is 12.3 Å². The predicted octanol–water partition coefficient (Wildman–Crippen LogP) is 4.38. The SMILES string of the molecule is CCOC(=O)C(C)Oc1ccc(C=Nc2c(C)cccc2C)cc1. The predicted molar refractivity (Wildman–Crippen MR) is 96.3 cm³/mol. The van der Waals surface area contributed by atoms with Crippen LogP contribution in [0.4, 0.5) is 5.69 Å². The van der Waals surface area contributed by atoms with Gasteiger partial charge >= 0.3 is 5.97 Å². The Hall–Kier alpha value is -2.62. The molecule has 0 heterocycles. The highest BCUT2D eigenvalue weighted by molar-refractivity contribution is 5.83. The minimum atomic E-state index is -0.626. The molecule has 126 valence electrons. The van der Waals surface area contributed by atoms with Gasteiger partial charge < -0.3 is 9.47 Å². The lowest BCUT2D eigenvalue weighted by Gasteiger charge is -2.13. The second-order valence-corrected chi connectivity index (χ2v) is 5.58. The van der Waals surface area contributed by atoms with Crippen molar-refractivity contribution in [2.24, 2.45) is 4.99 Å². The van der Waals surface area contributed by atoms with Gasteiger partial charge in [0.2, 0.25) is 0 Å². The smallest absolute Gasteiger partial charge is 0.347 e. The Bertz CT molecular complexity index is 700. The molecule has 1 atom stereocenters. The summed E-state index contributed by atoms with van der Waals surface area (Å²) < 4.78 is 10.5. The van der Waals surface area contributed by atoms with Gasteiger partial charge in [-0.3, -0.25) is 4.99 Å². The maximum atomic E-state index is 11.6. The maximum absolute atomic E-state index is 11.6. The molecule has 0 amide bonds. The van der Waals surface area contributed by atoms with E-state index in [1.54, 1.807) is 13.8 Å². The number of rotatable bonds is 6. The number of ether oxygens (including phenoxy) is 2. The highest BCUT2D eigenvalue weighted by atomic mass is 16.6. The first-order chi connectivity index (χ1) is 11.5. The van der Waals surface area contributed by atoms with Crippen LogP contribution in [0, 0.1) is 13.8 Å². The molecule has 0 radical (unpaired) electrons. The van der Waals surface area contributed by atoms with Crippen molar-refractivity contribution < 1.29 is 14.3 Å². The van der Waals surface area contributed by atoms with E-state index in [1.807, 2.05) is 62.5 Å². The minimum Gasteiger partial charge on any atom is -0.479 e. The number of hydrogen-bond acceptors (Lipinski definition) is 4. The van der Waals surface area contributed by atoms with Crippen LogP contribution in [0.2, 0.25) is 0 Å². The zero-order valence-electron chi connectivity index (χ0n) is 14.6. The summed E-state index contributed by atoms with van der Waals surface area (Å²) in [5, 5.41) is 0. The van der Waals surface area contributed by atoms with Crippen LogP contribution in [0.3, 0.4) is 0 Å². The molecule has 2 rings (SSSR count). The van der Waals surface area contributed by atoms with Crippen molar-refractivity contribution in [2.75, 3.05) is 6.61 Å². The van der Waals surface area contributed by atoms with Gasteiger partial charge in [-0.25, -0.2) is 4.79 Å². The lowest BCUT2D eigenvalue weighted by molar-refractivity contribution is -0.150. The van der Waals surface area contributed by atoms with Gasteiger partial charge in [0.1, 0.15) is 5.75 Å². The first-order valence-electron chi connectivity index (χ1n) is 8.05. The number of carbonyl (C=O) groups excluding carboxylic acids is 1. The Labute approximate surface area is 143 Å². The van der Waals surface area contributed by atoms with E-state index in [0.29, 0.717) is 12.4 Å². The molecule has 0 aromatic heterocycles. The number of aliphatic imine (C=N–C) groups is 1. The maximum Gasteiger partial charge on any atom is 0.347 e. The summed E-state index contributed by atoms with van der Waals surface area (Å²) in [6, 6.07) is 13.6. The Balaban J connectivity index is 2.04. The van der Waals surface area contributed by atoms with Crippen molar-refractivity contribution in [3.63, 3.8) is 0 Å². The summed E-state index contributed by atoms with van der Waals surface area (Å²) >= 11 is 0. The molecule has 0 bridgehead atoms. The molecule has 2 aromatic carbocycles. The van der Waals surface area contributed by atoms with E-state index >= 15 is 0 Å². The largest absolute Gasteiger partial charge is 0.479 e. The van der Waals surface area contributed by atoms with Gasteiger partial charge in [0.25, 0.3) is 0 Å². The van der Waals surface area contributed by atoms with Crippen LogP contribution in [0.1, 0.15) is 30.5 Å². The molecule has 0 saturated heterocycles. The number of para-hydroxylation sites is 1. The number of carbonyl (C=O) groups is 1. The third-order valence-corrected chi connectivity index (χ3v) is 3.59. The Morgan fingerprint density at radius 1 is 1.12 bits per heavy atom. The summed E-state index contributed by atoms with van der Waals surface area (Å²) in [4.78, 5) is 16.1. The quantitative estimate of drug-likeness (QED) is 0.585. The van der Waals surface area contributed by atoms with Crippen LogP contribution in [0.5, 0.6) is 5.75 Å².